The minimum absolute atomic E-state index is 0.233. The van der Waals surface area contributed by atoms with Gasteiger partial charge in [0.1, 0.15) is 0 Å². The van der Waals surface area contributed by atoms with Crippen molar-refractivity contribution in [2.45, 2.75) is 26.1 Å². The third kappa shape index (κ3) is 2.24. The molecule has 2 N–H and O–H groups in total. The average molecular weight is 257 g/mol. The highest BCUT2D eigenvalue weighted by atomic mass is 16.5. The summed E-state index contributed by atoms with van der Waals surface area (Å²) in [4.78, 5) is 6.44. The minimum atomic E-state index is 0.233. The molecular weight excluding hydrogens is 238 g/mol. The first-order valence-electron chi connectivity index (χ1n) is 6.68. The maximum Gasteiger partial charge on any atom is 0.0726 e. The molecular formula is C15H19N3O. The second-order valence-corrected chi connectivity index (χ2v) is 5.26. The van der Waals surface area contributed by atoms with Crippen LogP contribution in [-0.4, -0.2) is 30.3 Å². The lowest BCUT2D eigenvalue weighted by molar-refractivity contribution is -0.00516. The van der Waals surface area contributed by atoms with Crippen molar-refractivity contribution in [3.8, 4) is 0 Å². The van der Waals surface area contributed by atoms with Gasteiger partial charge < -0.3 is 15.4 Å². The van der Waals surface area contributed by atoms with Gasteiger partial charge in [-0.15, -0.1) is 0 Å². The molecule has 1 aliphatic rings. The van der Waals surface area contributed by atoms with E-state index >= 15 is 0 Å². The Morgan fingerprint density at radius 3 is 2.68 bits per heavy atom. The Bertz CT molecular complexity index is 589. The number of hydrogen-bond acceptors (Lipinski definition) is 4. The Morgan fingerprint density at radius 1 is 1.21 bits per heavy atom. The summed E-state index contributed by atoms with van der Waals surface area (Å²) < 4.78 is 5.77. The lowest BCUT2D eigenvalue weighted by atomic mass is 10.1. The molecule has 1 aliphatic heterocycles. The van der Waals surface area contributed by atoms with Crippen molar-refractivity contribution in [2.75, 3.05) is 23.7 Å². The van der Waals surface area contributed by atoms with E-state index in [2.05, 4.69) is 35.9 Å². The second kappa shape index (κ2) is 4.70. The number of nitrogens with two attached hydrogens (primary N) is 1. The SMILES string of the molecule is CC1CN(c2ccc3cnccc3c2N)CC(C)O1. The van der Waals surface area contributed by atoms with Crippen molar-refractivity contribution in [3.05, 3.63) is 30.6 Å². The molecule has 0 saturated carbocycles. The van der Waals surface area contributed by atoms with E-state index in [1.54, 1.807) is 6.20 Å². The summed E-state index contributed by atoms with van der Waals surface area (Å²) in [7, 11) is 0. The fraction of sp³-hybridized carbons (Fsp3) is 0.400. The van der Waals surface area contributed by atoms with Gasteiger partial charge in [-0.1, -0.05) is 6.07 Å². The summed E-state index contributed by atoms with van der Waals surface area (Å²) in [6, 6.07) is 6.14. The van der Waals surface area contributed by atoms with Gasteiger partial charge in [0.2, 0.25) is 0 Å². The second-order valence-electron chi connectivity index (χ2n) is 5.26. The number of fused-ring (bicyclic) bond motifs is 1. The number of hydrogen-bond donors (Lipinski definition) is 1. The number of nitrogen functional groups attached to an aromatic ring is 1. The van der Waals surface area contributed by atoms with E-state index in [0.29, 0.717) is 0 Å². The number of morpholine rings is 1. The molecule has 3 rings (SSSR count). The number of ether oxygens (including phenoxy) is 1. The molecule has 4 nitrogen and oxygen atoms in total. The van der Waals surface area contributed by atoms with Crippen LogP contribution in [0.1, 0.15) is 13.8 Å². The molecule has 0 spiro atoms. The predicted octanol–water partition coefficient (Wildman–Crippen LogP) is 2.43. The zero-order chi connectivity index (χ0) is 13.4. The summed E-state index contributed by atoms with van der Waals surface area (Å²) in [6.45, 7) is 5.96. The Balaban J connectivity index is 2.03. The summed E-state index contributed by atoms with van der Waals surface area (Å²) in [5, 5.41) is 2.15. The predicted molar refractivity (Wildman–Crippen MR) is 78.4 cm³/mol. The quantitative estimate of drug-likeness (QED) is 0.797. The Morgan fingerprint density at radius 2 is 1.95 bits per heavy atom. The zero-order valence-corrected chi connectivity index (χ0v) is 11.3. The van der Waals surface area contributed by atoms with Crippen LogP contribution in [0.4, 0.5) is 11.4 Å². The van der Waals surface area contributed by atoms with Crippen LogP contribution < -0.4 is 10.6 Å². The summed E-state index contributed by atoms with van der Waals surface area (Å²) >= 11 is 0. The maximum atomic E-state index is 6.33. The van der Waals surface area contributed by atoms with Crippen molar-refractivity contribution in [1.29, 1.82) is 0 Å². The third-order valence-electron chi connectivity index (χ3n) is 3.60. The molecule has 100 valence electrons. The maximum absolute atomic E-state index is 6.33. The van der Waals surface area contributed by atoms with Crippen LogP contribution in [0.2, 0.25) is 0 Å². The van der Waals surface area contributed by atoms with Crippen LogP contribution in [0, 0.1) is 0 Å². The van der Waals surface area contributed by atoms with Crippen molar-refractivity contribution >= 4 is 22.1 Å². The molecule has 19 heavy (non-hydrogen) atoms. The highest BCUT2D eigenvalue weighted by molar-refractivity contribution is 5.98. The fourth-order valence-corrected chi connectivity index (χ4v) is 2.83. The summed E-state index contributed by atoms with van der Waals surface area (Å²) in [5.74, 6) is 0. The molecule has 0 bridgehead atoms. The number of anilines is 2. The molecule has 2 aromatic rings. The van der Waals surface area contributed by atoms with Gasteiger partial charge >= 0.3 is 0 Å². The first-order valence-corrected chi connectivity index (χ1v) is 6.68. The number of nitrogens with zero attached hydrogens (tertiary/aromatic N) is 2. The number of rotatable bonds is 1. The van der Waals surface area contributed by atoms with Crippen molar-refractivity contribution in [1.82, 2.24) is 4.98 Å². The van der Waals surface area contributed by atoms with E-state index in [1.807, 2.05) is 12.3 Å². The topological polar surface area (TPSA) is 51.4 Å². The molecule has 2 atom stereocenters. The molecule has 2 unspecified atom stereocenters. The number of aromatic nitrogens is 1. The molecule has 0 amide bonds. The van der Waals surface area contributed by atoms with Gasteiger partial charge in [0.05, 0.1) is 23.6 Å². The number of benzene rings is 1. The van der Waals surface area contributed by atoms with Crippen molar-refractivity contribution in [3.63, 3.8) is 0 Å². The Kier molecular flexibility index (Phi) is 3.03. The third-order valence-corrected chi connectivity index (χ3v) is 3.60. The van der Waals surface area contributed by atoms with Crippen LogP contribution in [0.3, 0.4) is 0 Å². The van der Waals surface area contributed by atoms with Crippen LogP contribution >= 0.6 is 0 Å². The van der Waals surface area contributed by atoms with E-state index in [4.69, 9.17) is 10.5 Å². The van der Waals surface area contributed by atoms with Crippen molar-refractivity contribution < 1.29 is 4.74 Å². The van der Waals surface area contributed by atoms with Gasteiger partial charge in [0, 0.05) is 36.3 Å². The Hall–Kier alpha value is -1.81. The highest BCUT2D eigenvalue weighted by Crippen LogP contribution is 2.32. The Labute approximate surface area is 113 Å². The van der Waals surface area contributed by atoms with Crippen LogP contribution in [-0.2, 0) is 4.74 Å². The van der Waals surface area contributed by atoms with Crippen molar-refractivity contribution in [2.24, 2.45) is 0 Å². The smallest absolute Gasteiger partial charge is 0.0726 e. The highest BCUT2D eigenvalue weighted by Gasteiger charge is 2.23. The monoisotopic (exact) mass is 257 g/mol. The zero-order valence-electron chi connectivity index (χ0n) is 11.3. The largest absolute Gasteiger partial charge is 0.397 e. The molecule has 1 fully saturated rings. The lowest BCUT2D eigenvalue weighted by Crippen LogP contribution is -2.45. The molecule has 4 heteroatoms. The van der Waals surface area contributed by atoms with Gasteiger partial charge in [0.25, 0.3) is 0 Å². The number of pyridine rings is 1. The molecule has 0 radical (unpaired) electrons. The standard InChI is InChI=1S/C15H19N3O/c1-10-8-18(9-11(2)19-10)14-4-3-12-7-17-6-5-13(12)15(14)16/h3-7,10-11H,8-9,16H2,1-2H3. The molecule has 1 aromatic carbocycles. The van der Waals surface area contributed by atoms with Gasteiger partial charge in [0.15, 0.2) is 0 Å². The van der Waals surface area contributed by atoms with E-state index in [1.165, 1.54) is 0 Å². The first kappa shape index (κ1) is 12.2. The molecule has 0 aliphatic carbocycles. The van der Waals surface area contributed by atoms with E-state index in [0.717, 1.165) is 35.2 Å². The average Bonchev–Trinajstić information content (AvgIpc) is 2.38. The summed E-state index contributed by atoms with van der Waals surface area (Å²) in [6.07, 6.45) is 4.10. The molecule has 1 aromatic heterocycles. The first-order chi connectivity index (χ1) is 9.15. The van der Waals surface area contributed by atoms with E-state index in [-0.39, 0.29) is 12.2 Å². The van der Waals surface area contributed by atoms with E-state index in [9.17, 15) is 0 Å². The van der Waals surface area contributed by atoms with Crippen LogP contribution in [0.15, 0.2) is 30.6 Å². The van der Waals surface area contributed by atoms with Gasteiger partial charge in [-0.3, -0.25) is 4.98 Å². The normalized spacial score (nSPS) is 23.8. The van der Waals surface area contributed by atoms with E-state index < -0.39 is 0 Å². The minimum Gasteiger partial charge on any atom is -0.397 e. The lowest BCUT2D eigenvalue weighted by Gasteiger charge is -2.37. The molecule has 1 saturated heterocycles. The van der Waals surface area contributed by atoms with Gasteiger partial charge in [-0.25, -0.2) is 0 Å². The van der Waals surface area contributed by atoms with Gasteiger partial charge in [-0.05, 0) is 26.0 Å². The van der Waals surface area contributed by atoms with Crippen LogP contribution in [0.5, 0.6) is 0 Å². The van der Waals surface area contributed by atoms with Crippen LogP contribution in [0.25, 0.3) is 10.8 Å². The fourth-order valence-electron chi connectivity index (χ4n) is 2.83. The van der Waals surface area contributed by atoms with Gasteiger partial charge in [-0.2, -0.15) is 0 Å². The molecule has 2 heterocycles. The summed E-state index contributed by atoms with van der Waals surface area (Å²) in [5.41, 5.74) is 8.26.